The summed E-state index contributed by atoms with van der Waals surface area (Å²) in [6.07, 6.45) is 7.05. The van der Waals surface area contributed by atoms with Gasteiger partial charge in [0.15, 0.2) is 0 Å². The Kier molecular flexibility index (Phi) is 2.75. The zero-order valence-corrected chi connectivity index (χ0v) is 8.44. The number of aromatic nitrogens is 3. The molecular formula is C10H13N5. The van der Waals surface area contributed by atoms with Crippen LogP contribution in [0.4, 0.5) is 0 Å². The average molecular weight is 203 g/mol. The minimum atomic E-state index is -0.146. The number of aromatic amines is 1. The van der Waals surface area contributed by atoms with Crippen molar-refractivity contribution in [3.05, 3.63) is 47.8 Å². The summed E-state index contributed by atoms with van der Waals surface area (Å²) < 4.78 is 0. The Labute approximate surface area is 87.7 Å². The molecule has 0 spiro atoms. The lowest BCUT2D eigenvalue weighted by Gasteiger charge is -2.13. The highest BCUT2D eigenvalue weighted by atomic mass is 15.2. The average Bonchev–Trinajstić information content (AvgIpc) is 2.72. The van der Waals surface area contributed by atoms with Crippen molar-refractivity contribution in [2.45, 2.75) is 13.0 Å². The van der Waals surface area contributed by atoms with E-state index in [4.69, 9.17) is 5.84 Å². The van der Waals surface area contributed by atoms with Crippen LogP contribution in [-0.2, 0) is 0 Å². The monoisotopic (exact) mass is 203 g/mol. The third-order valence-electron chi connectivity index (χ3n) is 2.19. The number of hydrogen-bond donors (Lipinski definition) is 3. The molecule has 15 heavy (non-hydrogen) atoms. The number of hydrazine groups is 1. The summed E-state index contributed by atoms with van der Waals surface area (Å²) in [4.78, 5) is 11.3. The number of imidazole rings is 1. The molecule has 1 unspecified atom stereocenters. The van der Waals surface area contributed by atoms with Crippen LogP contribution in [0.25, 0.3) is 0 Å². The van der Waals surface area contributed by atoms with Gasteiger partial charge in [0.2, 0.25) is 0 Å². The fourth-order valence-electron chi connectivity index (χ4n) is 1.50. The molecule has 0 aliphatic heterocycles. The molecule has 1 atom stereocenters. The zero-order chi connectivity index (χ0) is 10.7. The highest BCUT2D eigenvalue weighted by molar-refractivity contribution is 5.24. The number of hydrogen-bond acceptors (Lipinski definition) is 4. The van der Waals surface area contributed by atoms with Gasteiger partial charge < -0.3 is 4.98 Å². The molecule has 2 aromatic heterocycles. The predicted octanol–water partition coefficient (Wildman–Crippen LogP) is 0.666. The first kappa shape index (κ1) is 9.82. The van der Waals surface area contributed by atoms with Gasteiger partial charge in [0.05, 0.1) is 0 Å². The van der Waals surface area contributed by atoms with Crippen molar-refractivity contribution in [2.75, 3.05) is 0 Å². The van der Waals surface area contributed by atoms with E-state index in [-0.39, 0.29) is 6.04 Å². The highest BCUT2D eigenvalue weighted by Crippen LogP contribution is 2.17. The molecular weight excluding hydrogens is 190 g/mol. The first-order valence-electron chi connectivity index (χ1n) is 4.68. The second-order valence-corrected chi connectivity index (χ2v) is 3.37. The SMILES string of the molecule is Cc1cncc(C(NN)c2ncc[nH]2)c1. The van der Waals surface area contributed by atoms with E-state index in [2.05, 4.69) is 20.4 Å². The number of H-pyrrole nitrogens is 1. The predicted molar refractivity (Wildman–Crippen MR) is 56.7 cm³/mol. The topological polar surface area (TPSA) is 79.6 Å². The maximum atomic E-state index is 5.51. The molecule has 4 N–H and O–H groups in total. The summed E-state index contributed by atoms with van der Waals surface area (Å²) in [5.74, 6) is 6.29. The second kappa shape index (κ2) is 4.20. The van der Waals surface area contributed by atoms with Crippen molar-refractivity contribution in [1.82, 2.24) is 20.4 Å². The summed E-state index contributed by atoms with van der Waals surface area (Å²) in [6, 6.07) is 1.88. The summed E-state index contributed by atoms with van der Waals surface area (Å²) >= 11 is 0. The Bertz CT molecular complexity index is 423. The third kappa shape index (κ3) is 2.03. The largest absolute Gasteiger partial charge is 0.347 e. The molecule has 0 aliphatic rings. The van der Waals surface area contributed by atoms with Gasteiger partial charge in [-0.05, 0) is 18.1 Å². The number of rotatable bonds is 3. The molecule has 0 saturated carbocycles. The lowest BCUT2D eigenvalue weighted by molar-refractivity contribution is 0.605. The summed E-state index contributed by atoms with van der Waals surface area (Å²) in [5.41, 5.74) is 4.80. The molecule has 2 rings (SSSR count). The van der Waals surface area contributed by atoms with Gasteiger partial charge in [-0.3, -0.25) is 10.8 Å². The van der Waals surface area contributed by atoms with Gasteiger partial charge >= 0.3 is 0 Å². The van der Waals surface area contributed by atoms with Crippen LogP contribution in [0.1, 0.15) is 23.0 Å². The number of aryl methyl sites for hydroxylation is 1. The molecule has 0 aliphatic carbocycles. The second-order valence-electron chi connectivity index (χ2n) is 3.37. The van der Waals surface area contributed by atoms with E-state index in [1.807, 2.05) is 13.0 Å². The molecule has 78 valence electrons. The van der Waals surface area contributed by atoms with Crippen LogP contribution in [0.3, 0.4) is 0 Å². The molecule has 0 aromatic carbocycles. The van der Waals surface area contributed by atoms with Crippen molar-refractivity contribution >= 4 is 0 Å². The molecule has 5 heteroatoms. The van der Waals surface area contributed by atoms with Crippen molar-refractivity contribution in [2.24, 2.45) is 5.84 Å². The van der Waals surface area contributed by atoms with Crippen LogP contribution in [0.2, 0.25) is 0 Å². The van der Waals surface area contributed by atoms with Crippen LogP contribution in [0.5, 0.6) is 0 Å². The first-order chi connectivity index (χ1) is 7.31. The molecule has 0 saturated heterocycles. The molecule has 2 heterocycles. The highest BCUT2D eigenvalue weighted by Gasteiger charge is 2.14. The fraction of sp³-hybridized carbons (Fsp3) is 0.200. The van der Waals surface area contributed by atoms with E-state index in [0.29, 0.717) is 0 Å². The Hall–Kier alpha value is -1.72. The smallest absolute Gasteiger partial charge is 0.129 e. The fourth-order valence-corrected chi connectivity index (χ4v) is 1.50. The molecule has 5 nitrogen and oxygen atoms in total. The Morgan fingerprint density at radius 3 is 2.93 bits per heavy atom. The number of nitrogens with two attached hydrogens (primary N) is 1. The Morgan fingerprint density at radius 1 is 1.47 bits per heavy atom. The molecule has 0 fully saturated rings. The molecule has 0 radical (unpaired) electrons. The van der Waals surface area contributed by atoms with Crippen molar-refractivity contribution in [1.29, 1.82) is 0 Å². The normalized spacial score (nSPS) is 12.7. The number of nitrogens with one attached hydrogen (secondary N) is 2. The van der Waals surface area contributed by atoms with Crippen LogP contribution in [0, 0.1) is 6.92 Å². The van der Waals surface area contributed by atoms with Crippen molar-refractivity contribution < 1.29 is 0 Å². The maximum absolute atomic E-state index is 5.51. The third-order valence-corrected chi connectivity index (χ3v) is 2.19. The first-order valence-corrected chi connectivity index (χ1v) is 4.68. The molecule has 0 bridgehead atoms. The van der Waals surface area contributed by atoms with Gasteiger partial charge in [-0.25, -0.2) is 10.4 Å². The van der Waals surface area contributed by atoms with E-state index >= 15 is 0 Å². The van der Waals surface area contributed by atoms with E-state index in [0.717, 1.165) is 17.0 Å². The van der Waals surface area contributed by atoms with E-state index in [1.165, 1.54) is 0 Å². The maximum Gasteiger partial charge on any atom is 0.129 e. The quantitative estimate of drug-likeness (QED) is 0.506. The summed E-state index contributed by atoms with van der Waals surface area (Å²) in [6.45, 7) is 1.99. The van der Waals surface area contributed by atoms with Gasteiger partial charge in [0.1, 0.15) is 11.9 Å². The number of nitrogens with zero attached hydrogens (tertiary/aromatic N) is 2. The lowest BCUT2D eigenvalue weighted by Crippen LogP contribution is -2.29. The van der Waals surface area contributed by atoms with Crippen LogP contribution in [-0.4, -0.2) is 15.0 Å². The minimum Gasteiger partial charge on any atom is -0.347 e. The van der Waals surface area contributed by atoms with Crippen LogP contribution < -0.4 is 11.3 Å². The van der Waals surface area contributed by atoms with E-state index in [9.17, 15) is 0 Å². The number of pyridine rings is 1. The van der Waals surface area contributed by atoms with Gasteiger partial charge in [0.25, 0.3) is 0 Å². The van der Waals surface area contributed by atoms with Gasteiger partial charge in [0, 0.05) is 24.8 Å². The molecule has 0 amide bonds. The molecule has 2 aromatic rings. The standard InChI is InChI=1S/C10H13N5/c1-7-4-8(6-12-5-7)9(15-11)10-13-2-3-14-10/h2-6,9,15H,11H2,1H3,(H,13,14). The van der Waals surface area contributed by atoms with E-state index < -0.39 is 0 Å². The van der Waals surface area contributed by atoms with Gasteiger partial charge in [-0.2, -0.15) is 0 Å². The lowest BCUT2D eigenvalue weighted by atomic mass is 10.1. The van der Waals surface area contributed by atoms with Gasteiger partial charge in [-0.15, -0.1) is 0 Å². The van der Waals surface area contributed by atoms with Crippen molar-refractivity contribution in [3.8, 4) is 0 Å². The Balaban J connectivity index is 2.35. The van der Waals surface area contributed by atoms with Gasteiger partial charge in [-0.1, -0.05) is 6.07 Å². The van der Waals surface area contributed by atoms with Crippen LogP contribution in [0.15, 0.2) is 30.9 Å². The Morgan fingerprint density at radius 2 is 2.33 bits per heavy atom. The van der Waals surface area contributed by atoms with E-state index in [1.54, 1.807) is 24.8 Å². The summed E-state index contributed by atoms with van der Waals surface area (Å²) in [5, 5.41) is 0. The van der Waals surface area contributed by atoms with Crippen molar-refractivity contribution in [3.63, 3.8) is 0 Å². The zero-order valence-electron chi connectivity index (χ0n) is 8.44. The van der Waals surface area contributed by atoms with Crippen LogP contribution >= 0.6 is 0 Å². The summed E-state index contributed by atoms with van der Waals surface area (Å²) in [7, 11) is 0. The minimum absolute atomic E-state index is 0.146.